The Bertz CT molecular complexity index is 1440. The van der Waals surface area contributed by atoms with Crippen LogP contribution in [0.3, 0.4) is 0 Å². The van der Waals surface area contributed by atoms with E-state index in [4.69, 9.17) is 9.47 Å². The van der Waals surface area contributed by atoms with E-state index in [1.54, 1.807) is 41.2 Å². The number of rotatable bonds is 9. The van der Waals surface area contributed by atoms with Crippen molar-refractivity contribution in [3.05, 3.63) is 77.6 Å². The molecule has 1 aromatic carbocycles. The quantitative estimate of drug-likeness (QED) is 0.312. The lowest BCUT2D eigenvalue weighted by atomic mass is 10.2. The Morgan fingerprint density at radius 2 is 1.95 bits per heavy atom. The number of amides is 1. The number of nitrogens with one attached hydrogen (secondary N) is 2. The smallest absolute Gasteiger partial charge is 0.356 e. The lowest BCUT2D eigenvalue weighted by Crippen LogP contribution is -2.18. The molecule has 2 N–H and O–H groups in total. The fourth-order valence-electron chi connectivity index (χ4n) is 4.00. The Hall–Kier alpha value is -4.47. The van der Waals surface area contributed by atoms with Gasteiger partial charge in [0.05, 0.1) is 37.4 Å². The van der Waals surface area contributed by atoms with Crippen LogP contribution in [-0.2, 0) is 17.8 Å². The van der Waals surface area contributed by atoms with E-state index in [0.29, 0.717) is 41.1 Å². The predicted molar refractivity (Wildman–Crippen MR) is 138 cm³/mol. The summed E-state index contributed by atoms with van der Waals surface area (Å²) >= 11 is 0. The van der Waals surface area contributed by atoms with Crippen LogP contribution in [0.1, 0.15) is 40.3 Å². The maximum Gasteiger partial charge on any atom is 0.356 e. The summed E-state index contributed by atoms with van der Waals surface area (Å²) in [5.74, 6) is -1.10. The number of esters is 1. The number of hydrogen-bond donors (Lipinski definition) is 2. The number of anilines is 2. The highest BCUT2D eigenvalue weighted by Gasteiger charge is 2.27. The number of nitrogens with zero attached hydrogens (tertiary/aromatic N) is 3. The minimum Gasteiger partial charge on any atom is -0.494 e. The van der Waals surface area contributed by atoms with Gasteiger partial charge in [-0.05, 0) is 41.8 Å². The first-order valence-corrected chi connectivity index (χ1v) is 11.7. The highest BCUT2D eigenvalue weighted by Crippen LogP contribution is 2.34. The third kappa shape index (κ3) is 5.53. The molecule has 0 unspecified atom stereocenters. The third-order valence-corrected chi connectivity index (χ3v) is 5.70. The van der Waals surface area contributed by atoms with Gasteiger partial charge in [0.1, 0.15) is 5.65 Å². The summed E-state index contributed by atoms with van der Waals surface area (Å²) in [6.45, 7) is 4.90. The minimum atomic E-state index is -0.590. The third-order valence-electron chi connectivity index (χ3n) is 5.70. The second kappa shape index (κ2) is 11.1. The first-order valence-electron chi connectivity index (χ1n) is 11.7. The van der Waals surface area contributed by atoms with Crippen LogP contribution in [0.25, 0.3) is 11.0 Å². The number of carbonyl (C=O) groups is 2. The summed E-state index contributed by atoms with van der Waals surface area (Å²) in [7, 11) is 2.71. The molecule has 0 radical (unpaired) electrons. The van der Waals surface area contributed by atoms with Crippen LogP contribution in [0.2, 0.25) is 0 Å². The van der Waals surface area contributed by atoms with Gasteiger partial charge < -0.3 is 24.7 Å². The van der Waals surface area contributed by atoms with E-state index >= 15 is 0 Å². The second-order valence-corrected chi connectivity index (χ2v) is 8.83. The first kappa shape index (κ1) is 25.6. The van der Waals surface area contributed by atoms with Gasteiger partial charge >= 0.3 is 5.97 Å². The molecule has 10 heteroatoms. The van der Waals surface area contributed by atoms with Crippen LogP contribution in [-0.4, -0.2) is 40.6 Å². The minimum absolute atomic E-state index is 0.154. The monoisotopic (exact) mass is 505 g/mol. The molecule has 3 heterocycles. The van der Waals surface area contributed by atoms with Crippen molar-refractivity contribution in [2.24, 2.45) is 5.92 Å². The SMILES string of the molecule is COC(=O)c1c(NC(=O)c2cccnc2)c2cc(NCc3ccc(F)c(OC)c3)cnc2n1CC(C)C. The number of halogens is 1. The molecule has 0 aliphatic carbocycles. The number of ether oxygens (including phenoxy) is 2. The molecule has 0 fully saturated rings. The van der Waals surface area contributed by atoms with Gasteiger partial charge in [0.25, 0.3) is 5.91 Å². The van der Waals surface area contributed by atoms with Crippen molar-refractivity contribution in [1.29, 1.82) is 0 Å². The molecule has 9 nitrogen and oxygen atoms in total. The Kier molecular flexibility index (Phi) is 7.66. The normalized spacial score (nSPS) is 11.0. The predicted octanol–water partition coefficient (Wildman–Crippen LogP) is 4.89. The summed E-state index contributed by atoms with van der Waals surface area (Å²) in [6.07, 6.45) is 4.67. The van der Waals surface area contributed by atoms with Gasteiger partial charge in [-0.1, -0.05) is 19.9 Å². The van der Waals surface area contributed by atoms with Gasteiger partial charge in [0.2, 0.25) is 0 Å². The van der Waals surface area contributed by atoms with Crippen molar-refractivity contribution in [3.8, 4) is 5.75 Å². The number of carbonyl (C=O) groups excluding carboxylic acids is 2. The molecule has 37 heavy (non-hydrogen) atoms. The van der Waals surface area contributed by atoms with Crippen LogP contribution >= 0.6 is 0 Å². The number of hydrogen-bond acceptors (Lipinski definition) is 7. The highest BCUT2D eigenvalue weighted by atomic mass is 19.1. The van der Waals surface area contributed by atoms with Gasteiger partial charge in [0, 0.05) is 30.9 Å². The summed E-state index contributed by atoms with van der Waals surface area (Å²) in [6, 6.07) is 9.72. The van der Waals surface area contributed by atoms with E-state index in [2.05, 4.69) is 20.6 Å². The standard InChI is InChI=1S/C27H28FN5O4/c1-16(2)15-33-24(27(35)37-4)23(32-26(34)18-6-5-9-29-13-18)20-11-19(14-31-25(20)33)30-12-17-7-8-21(28)22(10-17)36-3/h5-11,13-14,16,30H,12,15H2,1-4H3,(H,32,34). The van der Waals surface area contributed by atoms with Gasteiger partial charge in [-0.25, -0.2) is 14.2 Å². The lowest BCUT2D eigenvalue weighted by Gasteiger charge is -2.12. The largest absolute Gasteiger partial charge is 0.494 e. The molecule has 4 aromatic rings. The van der Waals surface area contributed by atoms with Crippen LogP contribution in [0.15, 0.2) is 55.0 Å². The van der Waals surface area contributed by atoms with Gasteiger partial charge in [-0.3, -0.25) is 9.78 Å². The van der Waals surface area contributed by atoms with Gasteiger partial charge in [-0.2, -0.15) is 0 Å². The highest BCUT2D eigenvalue weighted by molar-refractivity contribution is 6.14. The van der Waals surface area contributed by atoms with Crippen molar-refractivity contribution >= 4 is 34.3 Å². The topological polar surface area (TPSA) is 107 Å². The molecule has 0 aliphatic heterocycles. The van der Waals surface area contributed by atoms with Crippen molar-refractivity contribution in [3.63, 3.8) is 0 Å². The Balaban J connectivity index is 1.76. The molecule has 0 saturated carbocycles. The van der Waals surface area contributed by atoms with E-state index in [0.717, 1.165) is 5.56 Å². The van der Waals surface area contributed by atoms with E-state index in [1.807, 2.05) is 19.9 Å². The van der Waals surface area contributed by atoms with Crippen molar-refractivity contribution in [1.82, 2.24) is 14.5 Å². The number of benzene rings is 1. The fraction of sp³-hybridized carbons (Fsp3) is 0.259. The molecule has 192 valence electrons. The molecular formula is C27H28FN5O4. The number of pyridine rings is 2. The first-order chi connectivity index (χ1) is 17.8. The van der Waals surface area contributed by atoms with Crippen LogP contribution in [0.5, 0.6) is 5.75 Å². The Morgan fingerprint density at radius 3 is 2.62 bits per heavy atom. The summed E-state index contributed by atoms with van der Waals surface area (Å²) in [5, 5.41) is 6.70. The van der Waals surface area contributed by atoms with E-state index in [-0.39, 0.29) is 17.4 Å². The molecule has 1 amide bonds. The average Bonchev–Trinajstić information content (AvgIpc) is 3.19. The fourth-order valence-corrected chi connectivity index (χ4v) is 4.00. The van der Waals surface area contributed by atoms with E-state index in [9.17, 15) is 14.0 Å². The number of methoxy groups -OCH3 is 2. The van der Waals surface area contributed by atoms with Crippen LogP contribution in [0, 0.1) is 11.7 Å². The number of fused-ring (bicyclic) bond motifs is 1. The zero-order chi connectivity index (χ0) is 26.5. The van der Waals surface area contributed by atoms with E-state index < -0.39 is 17.7 Å². The Morgan fingerprint density at radius 1 is 1.14 bits per heavy atom. The maximum atomic E-state index is 13.8. The summed E-state index contributed by atoms with van der Waals surface area (Å²) < 4.78 is 25.7. The summed E-state index contributed by atoms with van der Waals surface area (Å²) in [5.41, 5.74) is 2.83. The molecule has 0 saturated heterocycles. The molecule has 0 bridgehead atoms. The summed E-state index contributed by atoms with van der Waals surface area (Å²) in [4.78, 5) is 34.6. The zero-order valence-electron chi connectivity index (χ0n) is 21.0. The molecule has 0 aliphatic rings. The second-order valence-electron chi connectivity index (χ2n) is 8.83. The zero-order valence-corrected chi connectivity index (χ0v) is 21.0. The maximum absolute atomic E-state index is 13.8. The molecule has 4 rings (SSSR count). The van der Waals surface area contributed by atoms with Crippen LogP contribution < -0.4 is 15.4 Å². The molecule has 3 aromatic heterocycles. The van der Waals surface area contributed by atoms with Crippen molar-refractivity contribution < 1.29 is 23.5 Å². The average molecular weight is 506 g/mol. The van der Waals surface area contributed by atoms with Gasteiger partial charge in [-0.15, -0.1) is 0 Å². The van der Waals surface area contributed by atoms with E-state index in [1.165, 1.54) is 26.5 Å². The Labute approximate surface area is 213 Å². The van der Waals surface area contributed by atoms with Crippen molar-refractivity contribution in [2.45, 2.75) is 26.9 Å². The molecule has 0 atom stereocenters. The molecular weight excluding hydrogens is 477 g/mol. The number of aromatic nitrogens is 3. The molecule has 0 spiro atoms. The van der Waals surface area contributed by atoms with Crippen molar-refractivity contribution in [2.75, 3.05) is 24.9 Å². The lowest BCUT2D eigenvalue weighted by molar-refractivity contribution is 0.0589. The van der Waals surface area contributed by atoms with Gasteiger partial charge in [0.15, 0.2) is 17.3 Å². The van der Waals surface area contributed by atoms with Crippen LogP contribution in [0.4, 0.5) is 15.8 Å².